The van der Waals surface area contributed by atoms with Crippen LogP contribution in [0.4, 0.5) is 13.2 Å². The van der Waals surface area contributed by atoms with E-state index in [4.69, 9.17) is 0 Å². The molecule has 2 rings (SSSR count). The Morgan fingerprint density at radius 1 is 0.955 bits per heavy atom. The summed E-state index contributed by atoms with van der Waals surface area (Å²) < 4.78 is 65.3. The zero-order valence-corrected chi connectivity index (χ0v) is 12.3. The van der Waals surface area contributed by atoms with Crippen LogP contribution in [0, 0.1) is 0 Å². The average molecular weight is 327 g/mol. The van der Waals surface area contributed by atoms with Gasteiger partial charge in [-0.15, -0.1) is 0 Å². The second-order valence-corrected chi connectivity index (χ2v) is 6.14. The van der Waals surface area contributed by atoms with Crippen molar-refractivity contribution < 1.29 is 21.6 Å². The maximum Gasteiger partial charge on any atom is 0.416 e. The van der Waals surface area contributed by atoms with Gasteiger partial charge in [0, 0.05) is 0 Å². The van der Waals surface area contributed by atoms with Gasteiger partial charge in [-0.3, -0.25) is 0 Å². The highest BCUT2D eigenvalue weighted by molar-refractivity contribution is 7.90. The highest BCUT2D eigenvalue weighted by atomic mass is 32.2. The molecular weight excluding hydrogens is 315 g/mol. The van der Waals surface area contributed by atoms with Gasteiger partial charge in [-0.2, -0.15) is 26.0 Å². The molecule has 0 saturated heterocycles. The van der Waals surface area contributed by atoms with Crippen molar-refractivity contribution >= 4 is 15.7 Å². The third-order valence-electron chi connectivity index (χ3n) is 2.93. The van der Waals surface area contributed by atoms with Gasteiger partial charge in [-0.1, -0.05) is 30.3 Å². The topological polar surface area (TPSA) is 46.5 Å². The lowest BCUT2D eigenvalue weighted by molar-refractivity contribution is -0.137. The Balaban J connectivity index is 2.35. The lowest BCUT2D eigenvalue weighted by Crippen LogP contribution is -2.06. The fourth-order valence-electron chi connectivity index (χ4n) is 1.78. The summed E-state index contributed by atoms with van der Waals surface area (Å²) in [5.74, 6) is 0. The Kier molecular flexibility index (Phi) is 4.37. The predicted octanol–water partition coefficient (Wildman–Crippen LogP) is 3.90. The Labute approximate surface area is 126 Å². The van der Waals surface area contributed by atoms with E-state index in [1.165, 1.54) is 6.92 Å². The van der Waals surface area contributed by atoms with E-state index in [0.717, 1.165) is 24.3 Å². The summed E-state index contributed by atoms with van der Waals surface area (Å²) in [6.07, 6.45) is -4.51. The summed E-state index contributed by atoms with van der Waals surface area (Å²) in [6, 6.07) is 11.9. The number of benzene rings is 2. The van der Waals surface area contributed by atoms with Crippen molar-refractivity contribution in [2.45, 2.75) is 18.0 Å². The monoisotopic (exact) mass is 327 g/mol. The molecule has 0 N–H and O–H groups in total. The molecule has 0 saturated carbocycles. The zero-order valence-electron chi connectivity index (χ0n) is 11.5. The number of sulfonamides is 1. The van der Waals surface area contributed by atoms with Crippen LogP contribution in [0.3, 0.4) is 0 Å². The molecule has 2 aromatic carbocycles. The summed E-state index contributed by atoms with van der Waals surface area (Å²) in [6.45, 7) is 1.52. The van der Waals surface area contributed by atoms with Crippen LogP contribution >= 0.6 is 0 Å². The molecule has 0 bridgehead atoms. The zero-order chi connectivity index (χ0) is 16.4. The molecule has 0 aliphatic carbocycles. The van der Waals surface area contributed by atoms with Crippen LogP contribution in [0.15, 0.2) is 63.9 Å². The quantitative estimate of drug-likeness (QED) is 0.803. The number of rotatable bonds is 3. The Bertz CT molecular complexity index is 780. The predicted molar refractivity (Wildman–Crippen MR) is 77.3 cm³/mol. The van der Waals surface area contributed by atoms with E-state index >= 15 is 0 Å². The maximum absolute atomic E-state index is 12.5. The molecule has 0 radical (unpaired) electrons. The minimum Gasteiger partial charge on any atom is -0.199 e. The van der Waals surface area contributed by atoms with Crippen molar-refractivity contribution in [3.8, 4) is 0 Å². The van der Waals surface area contributed by atoms with Gasteiger partial charge in [0.2, 0.25) is 0 Å². The number of nitrogens with zero attached hydrogens (tertiary/aromatic N) is 1. The van der Waals surface area contributed by atoms with Gasteiger partial charge in [0.25, 0.3) is 10.0 Å². The molecule has 0 unspecified atom stereocenters. The summed E-state index contributed by atoms with van der Waals surface area (Å²) in [4.78, 5) is -0.282. The Morgan fingerprint density at radius 2 is 1.50 bits per heavy atom. The Hall–Kier alpha value is -2.15. The van der Waals surface area contributed by atoms with Gasteiger partial charge in [0.05, 0.1) is 16.2 Å². The lowest BCUT2D eigenvalue weighted by atomic mass is 10.1. The van der Waals surface area contributed by atoms with Gasteiger partial charge in [0.15, 0.2) is 0 Å². The normalized spacial score (nSPS) is 13.2. The maximum atomic E-state index is 12.5. The van der Waals surface area contributed by atoms with Crippen LogP contribution in [0.1, 0.15) is 18.1 Å². The summed E-state index contributed by atoms with van der Waals surface area (Å²) in [7, 11) is -4.05. The Morgan fingerprint density at radius 3 is 2.00 bits per heavy atom. The van der Waals surface area contributed by atoms with Crippen molar-refractivity contribution in [3.05, 3.63) is 65.7 Å². The first-order valence-electron chi connectivity index (χ1n) is 6.24. The molecule has 22 heavy (non-hydrogen) atoms. The van der Waals surface area contributed by atoms with Crippen molar-refractivity contribution in [2.24, 2.45) is 4.40 Å². The highest BCUT2D eigenvalue weighted by Gasteiger charge is 2.30. The molecule has 0 aliphatic heterocycles. The second kappa shape index (κ2) is 5.92. The molecule has 3 nitrogen and oxygen atoms in total. The molecule has 2 aromatic rings. The van der Waals surface area contributed by atoms with E-state index < -0.39 is 21.8 Å². The molecule has 116 valence electrons. The van der Waals surface area contributed by atoms with E-state index in [1.807, 2.05) is 0 Å². The molecular formula is C15H12F3NO2S. The van der Waals surface area contributed by atoms with E-state index in [2.05, 4.69) is 4.40 Å². The van der Waals surface area contributed by atoms with Crippen molar-refractivity contribution in [1.29, 1.82) is 0 Å². The first-order chi connectivity index (χ1) is 10.2. The third kappa shape index (κ3) is 3.73. The average Bonchev–Trinajstić information content (AvgIpc) is 2.47. The number of halogens is 3. The first kappa shape index (κ1) is 16.2. The minimum absolute atomic E-state index is 0.264. The van der Waals surface area contributed by atoms with Gasteiger partial charge in [0.1, 0.15) is 0 Å². The van der Waals surface area contributed by atoms with E-state index in [9.17, 15) is 21.6 Å². The smallest absolute Gasteiger partial charge is 0.199 e. The lowest BCUT2D eigenvalue weighted by Gasteiger charge is -2.07. The molecule has 0 spiro atoms. The van der Waals surface area contributed by atoms with E-state index in [1.54, 1.807) is 30.3 Å². The number of hydrogen-bond donors (Lipinski definition) is 0. The molecule has 0 fully saturated rings. The van der Waals surface area contributed by atoms with E-state index in [-0.39, 0.29) is 10.6 Å². The van der Waals surface area contributed by atoms with Gasteiger partial charge < -0.3 is 0 Å². The summed E-state index contributed by atoms with van der Waals surface area (Å²) in [5, 5.41) is 0. The SMILES string of the molecule is CC(=NS(=O)(=O)c1ccc(C(F)(F)F)cc1)c1ccccc1. The van der Waals surface area contributed by atoms with Crippen molar-refractivity contribution in [3.63, 3.8) is 0 Å². The van der Waals surface area contributed by atoms with Gasteiger partial charge in [-0.25, -0.2) is 0 Å². The van der Waals surface area contributed by atoms with Crippen LogP contribution in [0.25, 0.3) is 0 Å². The molecule has 0 heterocycles. The van der Waals surface area contributed by atoms with Gasteiger partial charge >= 0.3 is 6.18 Å². The van der Waals surface area contributed by atoms with Crippen LogP contribution in [0.2, 0.25) is 0 Å². The minimum atomic E-state index is -4.51. The van der Waals surface area contributed by atoms with Crippen molar-refractivity contribution in [2.75, 3.05) is 0 Å². The molecule has 7 heteroatoms. The van der Waals surface area contributed by atoms with Crippen molar-refractivity contribution in [1.82, 2.24) is 0 Å². The van der Waals surface area contributed by atoms with Crippen LogP contribution < -0.4 is 0 Å². The molecule has 0 atom stereocenters. The third-order valence-corrected chi connectivity index (χ3v) is 4.31. The van der Waals surface area contributed by atoms with Crippen LogP contribution in [-0.2, 0) is 16.2 Å². The number of hydrogen-bond acceptors (Lipinski definition) is 2. The largest absolute Gasteiger partial charge is 0.416 e. The second-order valence-electron chi connectivity index (χ2n) is 4.54. The molecule has 0 amide bonds. The first-order valence-corrected chi connectivity index (χ1v) is 7.68. The van der Waals surface area contributed by atoms with Crippen LogP contribution in [-0.4, -0.2) is 14.1 Å². The highest BCUT2D eigenvalue weighted by Crippen LogP contribution is 2.30. The fraction of sp³-hybridized carbons (Fsp3) is 0.133. The molecule has 0 aliphatic rings. The molecule has 0 aromatic heterocycles. The summed E-state index contributed by atoms with van der Waals surface area (Å²) in [5.41, 5.74) is -0.0197. The fourth-order valence-corrected chi connectivity index (χ4v) is 2.83. The van der Waals surface area contributed by atoms with Gasteiger partial charge in [-0.05, 0) is 36.8 Å². The number of alkyl halides is 3. The van der Waals surface area contributed by atoms with E-state index in [0.29, 0.717) is 5.56 Å². The van der Waals surface area contributed by atoms with Crippen LogP contribution in [0.5, 0.6) is 0 Å². The summed E-state index contributed by atoms with van der Waals surface area (Å²) >= 11 is 0. The standard InChI is InChI=1S/C15H12F3NO2S/c1-11(12-5-3-2-4-6-12)19-22(20,21)14-9-7-13(8-10-14)15(16,17)18/h2-10H,1H3.